The number of anilines is 1. The normalized spacial score (nSPS) is 23.0. The number of aryl methyl sites for hydroxylation is 1. The average molecular weight is 441 g/mol. The number of aliphatic hydroxyl groups is 2. The van der Waals surface area contributed by atoms with Crippen LogP contribution in [0.25, 0.3) is 11.0 Å². The first-order valence-electron chi connectivity index (χ1n) is 10.7. The van der Waals surface area contributed by atoms with E-state index >= 15 is 0 Å². The Bertz CT molecular complexity index is 1190. The molecule has 32 heavy (non-hydrogen) atoms. The van der Waals surface area contributed by atoms with Crippen LogP contribution in [0.1, 0.15) is 41.1 Å². The molecule has 2 aliphatic rings. The molecule has 9 heteroatoms. The van der Waals surface area contributed by atoms with Crippen LogP contribution in [0.2, 0.25) is 0 Å². The summed E-state index contributed by atoms with van der Waals surface area (Å²) in [6, 6.07) is 4.60. The van der Waals surface area contributed by atoms with Gasteiger partial charge in [-0.2, -0.15) is 0 Å². The van der Waals surface area contributed by atoms with Gasteiger partial charge >= 0.3 is 0 Å². The van der Waals surface area contributed by atoms with Gasteiger partial charge in [-0.15, -0.1) is 0 Å². The van der Waals surface area contributed by atoms with Crippen molar-refractivity contribution in [1.29, 1.82) is 0 Å². The van der Waals surface area contributed by atoms with Gasteiger partial charge in [-0.3, -0.25) is 0 Å². The first-order chi connectivity index (χ1) is 15.5. The Morgan fingerprint density at radius 1 is 1.16 bits per heavy atom. The van der Waals surface area contributed by atoms with E-state index in [9.17, 15) is 19.0 Å². The molecule has 0 spiro atoms. The average Bonchev–Trinajstić information content (AvgIpc) is 3.34. The Morgan fingerprint density at radius 2 is 2.00 bits per heavy atom. The Labute approximate surface area is 183 Å². The van der Waals surface area contributed by atoms with Crippen LogP contribution in [0.4, 0.5) is 14.6 Å². The van der Waals surface area contributed by atoms with Gasteiger partial charge in [-0.1, -0.05) is 18.2 Å². The van der Waals surface area contributed by atoms with E-state index in [4.69, 9.17) is 5.73 Å². The third-order valence-electron chi connectivity index (χ3n) is 6.64. The van der Waals surface area contributed by atoms with Crippen molar-refractivity contribution in [1.82, 2.24) is 19.9 Å². The number of aromatic nitrogens is 3. The maximum Gasteiger partial charge on any atom is 0.264 e. The van der Waals surface area contributed by atoms with E-state index in [0.29, 0.717) is 49.2 Å². The summed E-state index contributed by atoms with van der Waals surface area (Å²) in [6.07, 6.45) is 2.20. The summed E-state index contributed by atoms with van der Waals surface area (Å²) >= 11 is 0. The molecular formula is C23H25F2N5O2. The minimum Gasteiger partial charge on any atom is -0.388 e. The van der Waals surface area contributed by atoms with Crippen molar-refractivity contribution >= 4 is 16.9 Å². The van der Waals surface area contributed by atoms with E-state index in [1.807, 2.05) is 6.08 Å². The molecule has 7 nitrogen and oxygen atoms in total. The molecule has 1 aromatic carbocycles. The Hall–Kier alpha value is -2.88. The molecule has 0 saturated carbocycles. The molecule has 0 radical (unpaired) electrons. The summed E-state index contributed by atoms with van der Waals surface area (Å²) in [5.41, 5.74) is 10.0. The largest absolute Gasteiger partial charge is 0.388 e. The van der Waals surface area contributed by atoms with Gasteiger partial charge in [-0.25, -0.2) is 18.7 Å². The van der Waals surface area contributed by atoms with Crippen molar-refractivity contribution < 1.29 is 19.0 Å². The summed E-state index contributed by atoms with van der Waals surface area (Å²) in [5.74, 6) is 0.358. The van der Waals surface area contributed by atoms with E-state index in [1.165, 1.54) is 12.4 Å². The van der Waals surface area contributed by atoms with Gasteiger partial charge in [-0.05, 0) is 54.1 Å². The number of nitrogens with zero attached hydrogens (tertiary/aromatic N) is 3. The number of benzene rings is 1. The Morgan fingerprint density at radius 3 is 2.81 bits per heavy atom. The van der Waals surface area contributed by atoms with Crippen molar-refractivity contribution in [3.63, 3.8) is 0 Å². The van der Waals surface area contributed by atoms with Crippen molar-refractivity contribution in [3.05, 3.63) is 64.6 Å². The van der Waals surface area contributed by atoms with Gasteiger partial charge in [0.2, 0.25) is 0 Å². The fourth-order valence-electron chi connectivity index (χ4n) is 4.95. The summed E-state index contributed by atoms with van der Waals surface area (Å²) in [6.45, 7) is 1.25. The van der Waals surface area contributed by atoms with Crippen molar-refractivity contribution in [2.45, 2.75) is 50.5 Å². The number of alkyl halides is 2. The van der Waals surface area contributed by atoms with E-state index in [1.54, 1.807) is 22.9 Å². The zero-order valence-corrected chi connectivity index (χ0v) is 17.4. The van der Waals surface area contributed by atoms with Crippen LogP contribution in [0.15, 0.2) is 42.4 Å². The van der Waals surface area contributed by atoms with Crippen LogP contribution in [0.3, 0.4) is 0 Å². The lowest BCUT2D eigenvalue weighted by Crippen LogP contribution is -2.29. The summed E-state index contributed by atoms with van der Waals surface area (Å²) < 4.78 is 28.6. The standard InChI is InChI=1S/C23H25F2N5O2/c24-21(25)15-4-3-12(17-10-27-7-5-14(15)17)1-2-13-9-18(20(32)19(13)31)30-8-6-16-22(26)28-11-29-23(16)30/h3-4,6,8-9,11,18-21,27,31-32H,1-2,5,7,10H2,(H2,26,28,29). The maximum atomic E-state index is 13.4. The predicted molar refractivity (Wildman–Crippen MR) is 116 cm³/mol. The van der Waals surface area contributed by atoms with Crippen molar-refractivity contribution in [2.24, 2.45) is 0 Å². The second-order valence-corrected chi connectivity index (χ2v) is 8.39. The van der Waals surface area contributed by atoms with Gasteiger partial charge in [0, 0.05) is 18.3 Å². The number of nitrogen functional groups attached to an aromatic ring is 1. The minimum absolute atomic E-state index is 0.113. The molecule has 0 amide bonds. The lowest BCUT2D eigenvalue weighted by molar-refractivity contribution is 0.0317. The third-order valence-corrected chi connectivity index (χ3v) is 6.64. The molecule has 3 heterocycles. The molecule has 2 aromatic heterocycles. The SMILES string of the molecule is Nc1ncnc2c1ccn2C1C=C(CCc2ccc(C(F)F)c3c2CNCC3)C(O)C1O. The summed E-state index contributed by atoms with van der Waals surface area (Å²) in [5, 5.41) is 25.4. The minimum atomic E-state index is -2.49. The summed E-state index contributed by atoms with van der Waals surface area (Å²) in [4.78, 5) is 8.26. The van der Waals surface area contributed by atoms with Crippen LogP contribution in [-0.2, 0) is 19.4 Å². The molecule has 3 unspecified atom stereocenters. The first kappa shape index (κ1) is 21.0. The highest BCUT2D eigenvalue weighted by Gasteiger charge is 2.36. The predicted octanol–water partition coefficient (Wildman–Crippen LogP) is 2.43. The van der Waals surface area contributed by atoms with Crippen LogP contribution in [0.5, 0.6) is 0 Å². The topological polar surface area (TPSA) is 109 Å². The number of hydrogen-bond donors (Lipinski definition) is 4. The fraction of sp³-hybridized carbons (Fsp3) is 0.391. The monoisotopic (exact) mass is 441 g/mol. The molecule has 168 valence electrons. The summed E-state index contributed by atoms with van der Waals surface area (Å²) in [7, 11) is 0. The second-order valence-electron chi connectivity index (χ2n) is 8.39. The van der Waals surface area contributed by atoms with Gasteiger partial charge < -0.3 is 25.8 Å². The van der Waals surface area contributed by atoms with Gasteiger partial charge in [0.15, 0.2) is 0 Å². The quantitative estimate of drug-likeness (QED) is 0.453. The Balaban J connectivity index is 1.41. The molecule has 5 rings (SSSR count). The zero-order chi connectivity index (χ0) is 22.4. The van der Waals surface area contributed by atoms with Crippen molar-refractivity contribution in [2.75, 3.05) is 12.3 Å². The Kier molecular flexibility index (Phi) is 5.40. The zero-order valence-electron chi connectivity index (χ0n) is 17.4. The van der Waals surface area contributed by atoms with E-state index < -0.39 is 24.7 Å². The maximum absolute atomic E-state index is 13.4. The molecule has 1 aliphatic carbocycles. The number of nitrogens with two attached hydrogens (primary N) is 1. The number of halogens is 2. The molecule has 3 atom stereocenters. The molecule has 0 saturated heterocycles. The van der Waals surface area contributed by atoms with E-state index in [0.717, 1.165) is 22.3 Å². The number of nitrogens with one attached hydrogen (secondary N) is 1. The molecule has 3 aromatic rings. The van der Waals surface area contributed by atoms with Gasteiger partial charge in [0.25, 0.3) is 6.43 Å². The second kappa shape index (κ2) is 8.23. The van der Waals surface area contributed by atoms with Crippen LogP contribution < -0.4 is 11.1 Å². The highest BCUT2D eigenvalue weighted by atomic mass is 19.3. The van der Waals surface area contributed by atoms with Crippen molar-refractivity contribution in [3.8, 4) is 0 Å². The fourth-order valence-corrected chi connectivity index (χ4v) is 4.95. The number of aliphatic hydroxyl groups excluding tert-OH is 2. The van der Waals surface area contributed by atoms with Crippen LogP contribution in [0, 0.1) is 0 Å². The number of fused-ring (bicyclic) bond motifs is 2. The van der Waals surface area contributed by atoms with E-state index in [-0.39, 0.29) is 5.56 Å². The van der Waals surface area contributed by atoms with Gasteiger partial charge in [0.05, 0.1) is 11.4 Å². The van der Waals surface area contributed by atoms with Gasteiger partial charge in [0.1, 0.15) is 30.0 Å². The van der Waals surface area contributed by atoms with Crippen LogP contribution >= 0.6 is 0 Å². The number of rotatable bonds is 5. The molecular weight excluding hydrogens is 416 g/mol. The lowest BCUT2D eigenvalue weighted by Gasteiger charge is -2.24. The first-order valence-corrected chi connectivity index (χ1v) is 10.7. The molecule has 0 bridgehead atoms. The van der Waals surface area contributed by atoms with Crippen LogP contribution in [-0.4, -0.2) is 43.5 Å². The highest BCUT2D eigenvalue weighted by Crippen LogP contribution is 2.36. The molecule has 5 N–H and O–H groups in total. The highest BCUT2D eigenvalue weighted by molar-refractivity contribution is 5.86. The van der Waals surface area contributed by atoms with E-state index in [2.05, 4.69) is 15.3 Å². The third kappa shape index (κ3) is 3.46. The molecule has 1 aliphatic heterocycles. The molecule has 0 fully saturated rings. The lowest BCUT2D eigenvalue weighted by atomic mass is 9.89. The smallest absolute Gasteiger partial charge is 0.264 e. The number of hydrogen-bond acceptors (Lipinski definition) is 6.